The van der Waals surface area contributed by atoms with Crippen molar-refractivity contribution in [2.75, 3.05) is 32.8 Å². The van der Waals surface area contributed by atoms with Crippen molar-refractivity contribution in [3.63, 3.8) is 0 Å². The molecule has 0 bridgehead atoms. The smallest absolute Gasteiger partial charge is 0.335 e. The van der Waals surface area contributed by atoms with Gasteiger partial charge in [0.1, 0.15) is 13.2 Å². The molecule has 0 radical (unpaired) electrons. The SMILES string of the molecule is COCc1cc(NC(=O)c2cc(OC)c3c(c2)OCCO3)cc(C(=O)O)c1. The Morgan fingerprint density at radius 3 is 2.56 bits per heavy atom. The summed E-state index contributed by atoms with van der Waals surface area (Å²) in [4.78, 5) is 24.0. The van der Waals surface area contributed by atoms with Gasteiger partial charge in [0.25, 0.3) is 5.91 Å². The molecule has 1 amide bonds. The van der Waals surface area contributed by atoms with Crippen LogP contribution >= 0.6 is 0 Å². The number of aromatic carboxylic acids is 1. The topological polar surface area (TPSA) is 103 Å². The first-order valence-electron chi connectivity index (χ1n) is 8.17. The molecule has 1 aliphatic rings. The predicted octanol–water partition coefficient (Wildman–Crippen LogP) is 2.56. The Morgan fingerprint density at radius 2 is 1.85 bits per heavy atom. The summed E-state index contributed by atoms with van der Waals surface area (Å²) in [5, 5.41) is 12.0. The van der Waals surface area contributed by atoms with Crippen LogP contribution in [0.25, 0.3) is 0 Å². The Morgan fingerprint density at radius 1 is 1.07 bits per heavy atom. The average molecular weight is 373 g/mol. The number of hydrogen-bond donors (Lipinski definition) is 2. The molecule has 8 heteroatoms. The Kier molecular flexibility index (Phi) is 5.46. The van der Waals surface area contributed by atoms with E-state index in [0.717, 1.165) is 0 Å². The van der Waals surface area contributed by atoms with E-state index in [1.54, 1.807) is 18.2 Å². The molecule has 0 atom stereocenters. The number of ether oxygens (including phenoxy) is 4. The maximum Gasteiger partial charge on any atom is 0.335 e. The average Bonchev–Trinajstić information content (AvgIpc) is 2.67. The van der Waals surface area contributed by atoms with Crippen LogP contribution in [0.15, 0.2) is 30.3 Å². The van der Waals surface area contributed by atoms with Crippen molar-refractivity contribution >= 4 is 17.6 Å². The molecule has 0 saturated carbocycles. The number of rotatable bonds is 6. The number of carboxylic acid groups (broad SMARTS) is 1. The van der Waals surface area contributed by atoms with E-state index in [0.29, 0.717) is 47.3 Å². The zero-order valence-corrected chi connectivity index (χ0v) is 14.9. The van der Waals surface area contributed by atoms with Gasteiger partial charge in [-0.15, -0.1) is 0 Å². The van der Waals surface area contributed by atoms with E-state index in [9.17, 15) is 14.7 Å². The molecule has 0 saturated heterocycles. The van der Waals surface area contributed by atoms with Gasteiger partial charge in [-0.1, -0.05) is 0 Å². The fourth-order valence-corrected chi connectivity index (χ4v) is 2.75. The van der Waals surface area contributed by atoms with E-state index in [4.69, 9.17) is 18.9 Å². The second kappa shape index (κ2) is 7.96. The number of fused-ring (bicyclic) bond motifs is 1. The van der Waals surface area contributed by atoms with Crippen LogP contribution in [0.2, 0.25) is 0 Å². The van der Waals surface area contributed by atoms with Crippen LogP contribution in [0.3, 0.4) is 0 Å². The van der Waals surface area contributed by atoms with Crippen molar-refractivity contribution in [1.82, 2.24) is 0 Å². The summed E-state index contributed by atoms with van der Waals surface area (Å²) in [7, 11) is 2.98. The molecule has 0 aliphatic carbocycles. The number of hydrogen-bond acceptors (Lipinski definition) is 6. The molecule has 0 unspecified atom stereocenters. The lowest BCUT2D eigenvalue weighted by Crippen LogP contribution is -2.18. The third-order valence-electron chi connectivity index (χ3n) is 3.90. The van der Waals surface area contributed by atoms with E-state index in [2.05, 4.69) is 5.32 Å². The maximum absolute atomic E-state index is 12.7. The highest BCUT2D eigenvalue weighted by Crippen LogP contribution is 2.40. The van der Waals surface area contributed by atoms with Crippen LogP contribution in [0.1, 0.15) is 26.3 Å². The van der Waals surface area contributed by atoms with Gasteiger partial charge in [-0.3, -0.25) is 4.79 Å². The Bertz CT molecular complexity index is 861. The summed E-state index contributed by atoms with van der Waals surface area (Å²) in [6, 6.07) is 7.63. The first-order valence-corrected chi connectivity index (χ1v) is 8.17. The number of anilines is 1. The third kappa shape index (κ3) is 4.12. The molecule has 8 nitrogen and oxygen atoms in total. The van der Waals surface area contributed by atoms with Crippen molar-refractivity contribution in [2.24, 2.45) is 0 Å². The second-order valence-electron chi connectivity index (χ2n) is 5.81. The predicted molar refractivity (Wildman–Crippen MR) is 96.1 cm³/mol. The van der Waals surface area contributed by atoms with E-state index in [1.807, 2.05) is 0 Å². The minimum absolute atomic E-state index is 0.0552. The molecular weight excluding hydrogens is 354 g/mol. The fraction of sp³-hybridized carbons (Fsp3) is 0.263. The Labute approximate surface area is 155 Å². The highest BCUT2D eigenvalue weighted by atomic mass is 16.6. The first kappa shape index (κ1) is 18.5. The number of nitrogens with one attached hydrogen (secondary N) is 1. The van der Waals surface area contributed by atoms with Gasteiger partial charge in [-0.2, -0.15) is 0 Å². The van der Waals surface area contributed by atoms with Gasteiger partial charge >= 0.3 is 5.97 Å². The zero-order valence-electron chi connectivity index (χ0n) is 14.9. The molecule has 2 N–H and O–H groups in total. The molecule has 3 rings (SSSR count). The molecule has 0 fully saturated rings. The lowest BCUT2D eigenvalue weighted by Gasteiger charge is -2.21. The van der Waals surface area contributed by atoms with Crippen LogP contribution in [0.4, 0.5) is 5.69 Å². The molecule has 0 aromatic heterocycles. The Balaban J connectivity index is 1.90. The summed E-state index contributed by atoms with van der Waals surface area (Å²) in [6.07, 6.45) is 0. The molecule has 142 valence electrons. The van der Waals surface area contributed by atoms with Crippen LogP contribution < -0.4 is 19.5 Å². The van der Waals surface area contributed by atoms with E-state index in [1.165, 1.54) is 26.4 Å². The number of carbonyl (C=O) groups is 2. The summed E-state index contributed by atoms with van der Waals surface area (Å²) >= 11 is 0. The number of benzene rings is 2. The van der Waals surface area contributed by atoms with Gasteiger partial charge in [-0.05, 0) is 35.9 Å². The summed E-state index contributed by atoms with van der Waals surface area (Å²) in [5.41, 5.74) is 1.33. The molecular formula is C19H19NO7. The number of methoxy groups -OCH3 is 2. The van der Waals surface area contributed by atoms with Crippen LogP contribution in [-0.2, 0) is 11.3 Å². The van der Waals surface area contributed by atoms with Gasteiger partial charge in [0.2, 0.25) is 5.75 Å². The highest BCUT2D eigenvalue weighted by Gasteiger charge is 2.21. The number of carboxylic acids is 1. The fourth-order valence-electron chi connectivity index (χ4n) is 2.75. The molecule has 27 heavy (non-hydrogen) atoms. The van der Waals surface area contributed by atoms with E-state index < -0.39 is 11.9 Å². The van der Waals surface area contributed by atoms with Crippen molar-refractivity contribution in [1.29, 1.82) is 0 Å². The maximum atomic E-state index is 12.7. The lowest BCUT2D eigenvalue weighted by atomic mass is 10.1. The van der Waals surface area contributed by atoms with Crippen LogP contribution in [0, 0.1) is 0 Å². The van der Waals surface area contributed by atoms with Gasteiger partial charge in [0.05, 0.1) is 19.3 Å². The lowest BCUT2D eigenvalue weighted by molar-refractivity contribution is 0.0696. The second-order valence-corrected chi connectivity index (χ2v) is 5.81. The molecule has 2 aromatic rings. The minimum Gasteiger partial charge on any atom is -0.493 e. The van der Waals surface area contributed by atoms with Gasteiger partial charge in [-0.25, -0.2) is 4.79 Å². The van der Waals surface area contributed by atoms with Crippen molar-refractivity contribution in [2.45, 2.75) is 6.61 Å². The molecule has 1 aliphatic heterocycles. The van der Waals surface area contributed by atoms with Crippen LogP contribution in [0.5, 0.6) is 17.2 Å². The number of amides is 1. The zero-order chi connectivity index (χ0) is 19.4. The minimum atomic E-state index is -1.09. The normalized spacial score (nSPS) is 12.4. The Hall–Kier alpha value is -3.26. The molecule has 0 spiro atoms. The first-order chi connectivity index (χ1) is 13.0. The number of carbonyl (C=O) groups excluding carboxylic acids is 1. The van der Waals surface area contributed by atoms with Gasteiger partial charge in [0.15, 0.2) is 11.5 Å². The molecule has 2 aromatic carbocycles. The quantitative estimate of drug-likeness (QED) is 0.802. The van der Waals surface area contributed by atoms with Crippen molar-refractivity contribution in [3.8, 4) is 17.2 Å². The van der Waals surface area contributed by atoms with E-state index in [-0.39, 0.29) is 12.2 Å². The van der Waals surface area contributed by atoms with Crippen molar-refractivity contribution < 1.29 is 33.6 Å². The van der Waals surface area contributed by atoms with Gasteiger partial charge < -0.3 is 29.4 Å². The molecule has 1 heterocycles. The van der Waals surface area contributed by atoms with E-state index >= 15 is 0 Å². The summed E-state index contributed by atoms with van der Waals surface area (Å²) in [6.45, 7) is 1.00. The van der Waals surface area contributed by atoms with Crippen LogP contribution in [-0.4, -0.2) is 44.4 Å². The third-order valence-corrected chi connectivity index (χ3v) is 3.90. The largest absolute Gasteiger partial charge is 0.493 e. The van der Waals surface area contributed by atoms with Gasteiger partial charge in [0, 0.05) is 18.4 Å². The highest BCUT2D eigenvalue weighted by molar-refractivity contribution is 6.05. The summed E-state index contributed by atoms with van der Waals surface area (Å²) < 4.78 is 21.4. The summed E-state index contributed by atoms with van der Waals surface area (Å²) in [5.74, 6) is -0.266. The monoisotopic (exact) mass is 373 g/mol. The van der Waals surface area contributed by atoms with Crippen molar-refractivity contribution in [3.05, 3.63) is 47.0 Å². The standard InChI is InChI=1S/C19H19NO7/c1-24-10-11-5-13(19(22)23)7-14(6-11)20-18(21)12-8-15(25-2)17-16(9-12)26-3-4-27-17/h5-9H,3-4,10H2,1-2H3,(H,20,21)(H,22,23).